The van der Waals surface area contributed by atoms with Gasteiger partial charge in [0.2, 0.25) is 0 Å². The zero-order valence-electron chi connectivity index (χ0n) is 11.8. The zero-order valence-corrected chi connectivity index (χ0v) is 12.7. The third-order valence-electron chi connectivity index (χ3n) is 2.94. The Hall–Kier alpha value is -1.56. The fourth-order valence-electron chi connectivity index (χ4n) is 1.99. The fourth-order valence-corrected chi connectivity index (χ4v) is 1.99. The maximum absolute atomic E-state index is 12.3. The molecular formula is C13H21ClFN5. The van der Waals surface area contributed by atoms with E-state index < -0.39 is 6.67 Å². The van der Waals surface area contributed by atoms with Crippen molar-refractivity contribution in [3.05, 3.63) is 29.7 Å². The van der Waals surface area contributed by atoms with Gasteiger partial charge in [0.25, 0.3) is 0 Å². The first kappa shape index (κ1) is 16.5. The number of halogens is 2. The van der Waals surface area contributed by atoms with Crippen LogP contribution in [0.5, 0.6) is 0 Å². The minimum absolute atomic E-state index is 0. The van der Waals surface area contributed by atoms with Gasteiger partial charge in [-0.15, -0.1) is 12.4 Å². The zero-order chi connectivity index (χ0) is 13.7. The van der Waals surface area contributed by atoms with Crippen LogP contribution in [0.2, 0.25) is 0 Å². The van der Waals surface area contributed by atoms with E-state index in [0.29, 0.717) is 13.1 Å². The van der Waals surface area contributed by atoms with E-state index in [1.54, 1.807) is 10.9 Å². The van der Waals surface area contributed by atoms with Gasteiger partial charge in [-0.05, 0) is 19.4 Å². The molecule has 0 saturated carbocycles. The number of nitrogens with one attached hydrogen (secondary N) is 1. The first-order valence-electron chi connectivity index (χ1n) is 6.59. The Labute approximate surface area is 124 Å². The Balaban J connectivity index is 0.00000200. The van der Waals surface area contributed by atoms with Crippen molar-refractivity contribution in [2.75, 3.05) is 12.0 Å². The second kappa shape index (κ2) is 7.89. The van der Waals surface area contributed by atoms with Gasteiger partial charge in [0, 0.05) is 24.5 Å². The molecule has 0 radical (unpaired) electrons. The van der Waals surface area contributed by atoms with Gasteiger partial charge in [0.05, 0.1) is 18.8 Å². The van der Waals surface area contributed by atoms with Crippen LogP contribution in [0.25, 0.3) is 0 Å². The molecule has 112 valence electrons. The van der Waals surface area contributed by atoms with Gasteiger partial charge in [0.1, 0.15) is 6.67 Å². The molecule has 5 nitrogen and oxygen atoms in total. The SMILES string of the molecule is CCCn1nccc1CNc1nn(CCF)cc1C.Cl. The van der Waals surface area contributed by atoms with Crippen molar-refractivity contribution >= 4 is 18.2 Å². The lowest BCUT2D eigenvalue weighted by molar-refractivity contribution is 0.427. The van der Waals surface area contributed by atoms with Crippen molar-refractivity contribution in [1.29, 1.82) is 0 Å². The molecule has 7 heteroatoms. The van der Waals surface area contributed by atoms with Gasteiger partial charge in [-0.25, -0.2) is 4.39 Å². The second-order valence-corrected chi connectivity index (χ2v) is 4.51. The van der Waals surface area contributed by atoms with Crippen molar-refractivity contribution < 1.29 is 4.39 Å². The quantitative estimate of drug-likeness (QED) is 0.855. The molecule has 0 aromatic carbocycles. The lowest BCUT2D eigenvalue weighted by Crippen LogP contribution is -2.10. The van der Waals surface area contributed by atoms with Gasteiger partial charge in [0.15, 0.2) is 5.82 Å². The number of anilines is 1. The van der Waals surface area contributed by atoms with E-state index in [0.717, 1.165) is 30.0 Å². The molecule has 0 aliphatic rings. The molecule has 0 amide bonds. The number of hydrogen-bond acceptors (Lipinski definition) is 3. The highest BCUT2D eigenvalue weighted by atomic mass is 35.5. The maximum atomic E-state index is 12.3. The highest BCUT2D eigenvalue weighted by molar-refractivity contribution is 5.85. The second-order valence-electron chi connectivity index (χ2n) is 4.51. The van der Waals surface area contributed by atoms with Crippen molar-refractivity contribution in [2.24, 2.45) is 0 Å². The fraction of sp³-hybridized carbons (Fsp3) is 0.538. The Bertz CT molecular complexity index is 523. The summed E-state index contributed by atoms with van der Waals surface area (Å²) < 4.78 is 15.9. The normalized spacial score (nSPS) is 10.3. The van der Waals surface area contributed by atoms with Gasteiger partial charge >= 0.3 is 0 Å². The number of aryl methyl sites for hydroxylation is 3. The lowest BCUT2D eigenvalue weighted by Gasteiger charge is -2.07. The van der Waals surface area contributed by atoms with Crippen LogP contribution in [-0.2, 0) is 19.6 Å². The number of alkyl halides is 1. The molecule has 0 fully saturated rings. The van der Waals surface area contributed by atoms with Crippen LogP contribution in [-0.4, -0.2) is 26.2 Å². The van der Waals surface area contributed by atoms with Gasteiger partial charge in [-0.1, -0.05) is 6.92 Å². The number of hydrogen-bond donors (Lipinski definition) is 1. The predicted octanol–water partition coefficient (Wildman–Crippen LogP) is 2.80. The third kappa shape index (κ3) is 3.96. The van der Waals surface area contributed by atoms with Gasteiger partial charge in [-0.2, -0.15) is 10.2 Å². The van der Waals surface area contributed by atoms with Crippen LogP contribution in [0, 0.1) is 6.92 Å². The summed E-state index contributed by atoms with van der Waals surface area (Å²) in [7, 11) is 0. The third-order valence-corrected chi connectivity index (χ3v) is 2.94. The first-order chi connectivity index (χ1) is 9.24. The molecule has 0 aliphatic carbocycles. The van der Waals surface area contributed by atoms with Crippen LogP contribution in [0.1, 0.15) is 24.6 Å². The van der Waals surface area contributed by atoms with E-state index in [1.165, 1.54) is 0 Å². The average Bonchev–Trinajstić information content (AvgIpc) is 2.95. The molecule has 2 aromatic rings. The summed E-state index contributed by atoms with van der Waals surface area (Å²) in [5.41, 5.74) is 2.15. The molecule has 2 rings (SSSR count). The number of aromatic nitrogens is 4. The van der Waals surface area contributed by atoms with Crippen LogP contribution in [0.3, 0.4) is 0 Å². The standard InChI is InChI=1S/C13H20FN5.ClH/c1-3-7-19-12(4-6-16-19)9-15-13-11(2)10-18(17-13)8-5-14;/h4,6,10H,3,5,7-9H2,1-2H3,(H,15,17);1H. The van der Waals surface area contributed by atoms with Crippen molar-refractivity contribution in [2.45, 2.75) is 39.9 Å². The summed E-state index contributed by atoms with van der Waals surface area (Å²) in [4.78, 5) is 0. The van der Waals surface area contributed by atoms with Crippen LogP contribution < -0.4 is 5.32 Å². The van der Waals surface area contributed by atoms with E-state index in [1.807, 2.05) is 23.9 Å². The lowest BCUT2D eigenvalue weighted by atomic mass is 10.3. The summed E-state index contributed by atoms with van der Waals surface area (Å²) >= 11 is 0. The Kier molecular flexibility index (Phi) is 6.51. The van der Waals surface area contributed by atoms with E-state index in [9.17, 15) is 4.39 Å². The van der Waals surface area contributed by atoms with Gasteiger partial charge < -0.3 is 5.32 Å². The van der Waals surface area contributed by atoms with Crippen molar-refractivity contribution in [3.63, 3.8) is 0 Å². The van der Waals surface area contributed by atoms with Crippen molar-refractivity contribution in [3.8, 4) is 0 Å². The molecule has 0 aliphatic heterocycles. The molecule has 20 heavy (non-hydrogen) atoms. The van der Waals surface area contributed by atoms with E-state index in [-0.39, 0.29) is 12.4 Å². The van der Waals surface area contributed by atoms with Crippen LogP contribution in [0.15, 0.2) is 18.5 Å². The Morgan fingerprint density at radius 2 is 2.15 bits per heavy atom. The minimum atomic E-state index is -0.399. The highest BCUT2D eigenvalue weighted by Gasteiger charge is 2.06. The number of rotatable bonds is 7. The largest absolute Gasteiger partial charge is 0.363 e. The maximum Gasteiger partial charge on any atom is 0.151 e. The minimum Gasteiger partial charge on any atom is -0.363 e. The van der Waals surface area contributed by atoms with Gasteiger partial charge in [-0.3, -0.25) is 9.36 Å². The Morgan fingerprint density at radius 1 is 1.35 bits per heavy atom. The molecule has 0 saturated heterocycles. The molecule has 2 aromatic heterocycles. The average molecular weight is 302 g/mol. The monoisotopic (exact) mass is 301 g/mol. The Morgan fingerprint density at radius 3 is 2.85 bits per heavy atom. The first-order valence-corrected chi connectivity index (χ1v) is 6.59. The molecule has 0 bridgehead atoms. The van der Waals surface area contributed by atoms with Crippen molar-refractivity contribution in [1.82, 2.24) is 19.6 Å². The summed E-state index contributed by atoms with van der Waals surface area (Å²) in [6, 6.07) is 2.00. The van der Waals surface area contributed by atoms with E-state index in [2.05, 4.69) is 22.4 Å². The molecule has 2 heterocycles. The summed E-state index contributed by atoms with van der Waals surface area (Å²) in [6.07, 6.45) is 4.71. The van der Waals surface area contributed by atoms with E-state index in [4.69, 9.17) is 0 Å². The number of nitrogens with zero attached hydrogens (tertiary/aromatic N) is 4. The summed E-state index contributed by atoms with van der Waals surface area (Å²) in [6.45, 7) is 5.59. The smallest absolute Gasteiger partial charge is 0.151 e. The predicted molar refractivity (Wildman–Crippen MR) is 80.0 cm³/mol. The molecular weight excluding hydrogens is 281 g/mol. The topological polar surface area (TPSA) is 47.7 Å². The summed E-state index contributed by atoms with van der Waals surface area (Å²) in [5, 5.41) is 11.9. The summed E-state index contributed by atoms with van der Waals surface area (Å²) in [5.74, 6) is 0.803. The highest BCUT2D eigenvalue weighted by Crippen LogP contribution is 2.13. The molecule has 1 N–H and O–H groups in total. The molecule has 0 spiro atoms. The molecule has 0 unspecified atom stereocenters. The van der Waals surface area contributed by atoms with Crippen LogP contribution in [0.4, 0.5) is 10.2 Å². The molecule has 0 atom stereocenters. The van der Waals surface area contributed by atoms with Crippen LogP contribution >= 0.6 is 12.4 Å². The van der Waals surface area contributed by atoms with E-state index >= 15 is 0 Å².